The zero-order chi connectivity index (χ0) is 15.2. The highest BCUT2D eigenvalue weighted by atomic mass is 19.1. The highest BCUT2D eigenvalue weighted by Gasteiger charge is 2.20. The number of aliphatic hydroxyl groups excluding tert-OH is 1. The molecule has 0 radical (unpaired) electrons. The van der Waals surface area contributed by atoms with E-state index in [1.165, 1.54) is 6.20 Å². The Labute approximate surface area is 123 Å². The molecule has 21 heavy (non-hydrogen) atoms. The number of hydrogen-bond acceptors (Lipinski definition) is 5. The Morgan fingerprint density at radius 1 is 1.29 bits per heavy atom. The largest absolute Gasteiger partial charge is 0.405 e. The van der Waals surface area contributed by atoms with Gasteiger partial charge in [0.15, 0.2) is 5.82 Å². The molecule has 6 heteroatoms. The van der Waals surface area contributed by atoms with Crippen LogP contribution in [0.25, 0.3) is 0 Å². The molecule has 2 rings (SSSR count). The van der Waals surface area contributed by atoms with Gasteiger partial charge in [0.2, 0.25) is 0 Å². The normalized spacial score (nSPS) is 16.8. The van der Waals surface area contributed by atoms with Crippen molar-refractivity contribution in [3.05, 3.63) is 53.8 Å². The van der Waals surface area contributed by atoms with E-state index in [4.69, 9.17) is 16.6 Å². The summed E-state index contributed by atoms with van der Waals surface area (Å²) < 4.78 is 14.2. The van der Waals surface area contributed by atoms with Gasteiger partial charge in [0.05, 0.1) is 18.1 Å². The molecule has 0 amide bonds. The van der Waals surface area contributed by atoms with Crippen molar-refractivity contribution in [2.24, 2.45) is 11.5 Å². The predicted octanol–water partition coefficient (Wildman–Crippen LogP) is 0.712. The number of halogens is 1. The molecule has 0 bridgehead atoms. The van der Waals surface area contributed by atoms with Crippen LogP contribution in [-0.2, 0) is 6.61 Å². The number of hydrogen-bond donors (Lipinski definition) is 3. The molecule has 5 nitrogen and oxygen atoms in total. The first kappa shape index (κ1) is 15.2. The summed E-state index contributed by atoms with van der Waals surface area (Å²) in [6.45, 7) is 2.48. The summed E-state index contributed by atoms with van der Waals surface area (Å²) in [6.07, 6.45) is 4.87. The van der Waals surface area contributed by atoms with E-state index in [1.807, 2.05) is 9.80 Å². The van der Waals surface area contributed by atoms with Crippen LogP contribution in [0.3, 0.4) is 0 Å². The predicted molar refractivity (Wildman–Crippen MR) is 81.7 cm³/mol. The molecular weight excluding hydrogens is 271 g/mol. The van der Waals surface area contributed by atoms with Gasteiger partial charge in [-0.1, -0.05) is 12.1 Å². The van der Waals surface area contributed by atoms with E-state index >= 15 is 0 Å². The van der Waals surface area contributed by atoms with E-state index < -0.39 is 0 Å². The summed E-state index contributed by atoms with van der Waals surface area (Å²) in [5.41, 5.74) is 12.1. The van der Waals surface area contributed by atoms with Crippen LogP contribution >= 0.6 is 0 Å². The molecule has 0 spiro atoms. The second-order valence-electron chi connectivity index (χ2n) is 4.86. The lowest BCUT2D eigenvalue weighted by Crippen LogP contribution is -2.47. The minimum absolute atomic E-state index is 0.291. The molecule has 1 aliphatic rings. The minimum atomic E-state index is -0.344. The van der Waals surface area contributed by atoms with Crippen molar-refractivity contribution in [1.82, 2.24) is 4.90 Å². The first-order chi connectivity index (χ1) is 10.2. The molecule has 1 saturated heterocycles. The number of allylic oxidation sites excluding steroid dienone is 2. The van der Waals surface area contributed by atoms with E-state index in [0.29, 0.717) is 43.3 Å². The standard InChI is InChI=1S/C15H21FN4O/c16-15-12(11-21)3-1-4-13(15)19-7-9-20(10-8-19)14(18)5-2-6-17/h1-6,21H,7-11,17-18H2/b6-2-,14-5+. The van der Waals surface area contributed by atoms with Gasteiger partial charge in [-0.05, 0) is 24.4 Å². The quantitative estimate of drug-likeness (QED) is 0.713. The SMILES string of the molecule is N/C=C\C=C(/N)N1CCN(c2cccc(CO)c2F)CC1. The van der Waals surface area contributed by atoms with Crippen molar-refractivity contribution < 1.29 is 9.50 Å². The lowest BCUT2D eigenvalue weighted by molar-refractivity contribution is 0.275. The van der Waals surface area contributed by atoms with Crippen molar-refractivity contribution in [2.45, 2.75) is 6.61 Å². The molecule has 5 N–H and O–H groups in total. The van der Waals surface area contributed by atoms with E-state index in [2.05, 4.69) is 0 Å². The maximum atomic E-state index is 14.2. The molecule has 1 aromatic rings. The Kier molecular flexibility index (Phi) is 5.05. The Balaban J connectivity index is 2.04. The van der Waals surface area contributed by atoms with Crippen LogP contribution in [0.1, 0.15) is 5.56 Å². The molecular formula is C15H21FN4O. The van der Waals surface area contributed by atoms with Crippen LogP contribution < -0.4 is 16.4 Å². The minimum Gasteiger partial charge on any atom is -0.405 e. The molecule has 114 valence electrons. The van der Waals surface area contributed by atoms with Crippen LogP contribution in [-0.4, -0.2) is 36.2 Å². The zero-order valence-electron chi connectivity index (χ0n) is 11.9. The van der Waals surface area contributed by atoms with Gasteiger partial charge < -0.3 is 26.4 Å². The Morgan fingerprint density at radius 3 is 2.62 bits per heavy atom. The van der Waals surface area contributed by atoms with Gasteiger partial charge in [-0.15, -0.1) is 0 Å². The molecule has 0 saturated carbocycles. The van der Waals surface area contributed by atoms with Gasteiger partial charge in [-0.3, -0.25) is 0 Å². The summed E-state index contributed by atoms with van der Waals surface area (Å²) in [4.78, 5) is 4.00. The topological polar surface area (TPSA) is 78.8 Å². The lowest BCUT2D eigenvalue weighted by atomic mass is 10.1. The number of aliphatic hydroxyl groups is 1. The number of nitrogens with zero attached hydrogens (tertiary/aromatic N) is 2. The second kappa shape index (κ2) is 6.99. The highest BCUT2D eigenvalue weighted by Crippen LogP contribution is 2.24. The number of anilines is 1. The Hall–Kier alpha value is -2.21. The molecule has 1 aliphatic heterocycles. The van der Waals surface area contributed by atoms with Crippen LogP contribution in [0.4, 0.5) is 10.1 Å². The van der Waals surface area contributed by atoms with Crippen molar-refractivity contribution in [3.63, 3.8) is 0 Å². The summed E-state index contributed by atoms with van der Waals surface area (Å²) >= 11 is 0. The molecule has 1 fully saturated rings. The number of benzene rings is 1. The average Bonchev–Trinajstić information content (AvgIpc) is 2.53. The van der Waals surface area contributed by atoms with Crippen LogP contribution in [0.5, 0.6) is 0 Å². The molecule has 0 aromatic heterocycles. The monoisotopic (exact) mass is 292 g/mol. The third kappa shape index (κ3) is 3.46. The van der Waals surface area contributed by atoms with E-state index in [-0.39, 0.29) is 12.4 Å². The van der Waals surface area contributed by atoms with E-state index in [9.17, 15) is 4.39 Å². The lowest BCUT2D eigenvalue weighted by Gasteiger charge is -2.37. The summed E-state index contributed by atoms with van der Waals surface area (Å²) in [6, 6.07) is 5.09. The van der Waals surface area contributed by atoms with Gasteiger partial charge in [0.25, 0.3) is 0 Å². The molecule has 0 aliphatic carbocycles. The number of rotatable bonds is 4. The fourth-order valence-corrected chi connectivity index (χ4v) is 2.40. The summed E-state index contributed by atoms with van der Waals surface area (Å²) in [5.74, 6) is 0.309. The summed E-state index contributed by atoms with van der Waals surface area (Å²) in [7, 11) is 0. The highest BCUT2D eigenvalue weighted by molar-refractivity contribution is 5.50. The third-order valence-corrected chi connectivity index (χ3v) is 3.59. The van der Waals surface area contributed by atoms with Gasteiger partial charge in [-0.25, -0.2) is 4.39 Å². The molecule has 0 unspecified atom stereocenters. The van der Waals surface area contributed by atoms with Gasteiger partial charge in [0.1, 0.15) is 0 Å². The molecule has 1 heterocycles. The van der Waals surface area contributed by atoms with Gasteiger partial charge >= 0.3 is 0 Å². The van der Waals surface area contributed by atoms with Crippen molar-refractivity contribution in [3.8, 4) is 0 Å². The van der Waals surface area contributed by atoms with Crippen LogP contribution in [0.15, 0.2) is 42.4 Å². The molecule has 1 aromatic carbocycles. The van der Waals surface area contributed by atoms with Gasteiger partial charge in [-0.2, -0.15) is 0 Å². The fourth-order valence-electron chi connectivity index (χ4n) is 2.40. The van der Waals surface area contributed by atoms with Crippen molar-refractivity contribution >= 4 is 5.69 Å². The summed E-state index contributed by atoms with van der Waals surface area (Å²) in [5, 5.41) is 9.13. The average molecular weight is 292 g/mol. The zero-order valence-corrected chi connectivity index (χ0v) is 11.9. The first-order valence-corrected chi connectivity index (χ1v) is 6.89. The van der Waals surface area contributed by atoms with Crippen LogP contribution in [0.2, 0.25) is 0 Å². The molecule has 0 atom stereocenters. The Morgan fingerprint density at radius 2 is 2.00 bits per heavy atom. The van der Waals surface area contributed by atoms with Crippen LogP contribution in [0, 0.1) is 5.82 Å². The smallest absolute Gasteiger partial charge is 0.151 e. The number of nitrogens with two attached hydrogens (primary N) is 2. The van der Waals surface area contributed by atoms with E-state index in [1.54, 1.807) is 30.4 Å². The van der Waals surface area contributed by atoms with E-state index in [0.717, 1.165) is 0 Å². The third-order valence-electron chi connectivity index (χ3n) is 3.59. The maximum absolute atomic E-state index is 14.2. The van der Waals surface area contributed by atoms with Crippen molar-refractivity contribution in [2.75, 3.05) is 31.1 Å². The first-order valence-electron chi connectivity index (χ1n) is 6.89. The maximum Gasteiger partial charge on any atom is 0.151 e. The Bertz CT molecular complexity index is 536. The number of piperazine rings is 1. The van der Waals surface area contributed by atoms with Crippen molar-refractivity contribution in [1.29, 1.82) is 0 Å². The van der Waals surface area contributed by atoms with Gasteiger partial charge in [0, 0.05) is 31.7 Å². The fraction of sp³-hybridized carbons (Fsp3) is 0.333. The second-order valence-corrected chi connectivity index (χ2v) is 4.86.